The van der Waals surface area contributed by atoms with Gasteiger partial charge in [0, 0.05) is 19.3 Å². The molecule has 2 N–H and O–H groups in total. The van der Waals surface area contributed by atoms with Crippen LogP contribution >= 0.6 is 34.7 Å². The third-order valence-corrected chi connectivity index (χ3v) is 4.93. The molecule has 0 spiro atoms. The minimum Gasteiger partial charge on any atom is -0.383 e. The Morgan fingerprint density at radius 2 is 2.25 bits per heavy atom. The molecular formula is C14H15ClN4O3S2. The molecule has 24 heavy (non-hydrogen) atoms. The molecule has 0 aliphatic rings. The fourth-order valence-electron chi connectivity index (χ4n) is 1.69. The van der Waals surface area contributed by atoms with Crippen molar-refractivity contribution >= 4 is 52.2 Å². The molecule has 0 aliphatic carbocycles. The van der Waals surface area contributed by atoms with Crippen molar-refractivity contribution in [1.82, 2.24) is 15.5 Å². The van der Waals surface area contributed by atoms with Crippen LogP contribution in [0, 0.1) is 0 Å². The number of nitrogens with one attached hydrogen (secondary N) is 2. The summed E-state index contributed by atoms with van der Waals surface area (Å²) in [6.07, 6.45) is 0. The third-order valence-electron chi connectivity index (χ3n) is 2.76. The van der Waals surface area contributed by atoms with Crippen LogP contribution in [0.15, 0.2) is 28.0 Å². The van der Waals surface area contributed by atoms with Crippen LogP contribution < -0.4 is 10.6 Å². The molecule has 7 nitrogen and oxygen atoms in total. The maximum atomic E-state index is 12.0. The van der Waals surface area contributed by atoms with Crippen molar-refractivity contribution in [1.29, 1.82) is 0 Å². The monoisotopic (exact) mass is 386 g/mol. The first-order valence-corrected chi connectivity index (χ1v) is 9.10. The molecular weight excluding hydrogens is 372 g/mol. The smallest absolute Gasteiger partial charge is 0.252 e. The summed E-state index contributed by atoms with van der Waals surface area (Å²) in [7, 11) is 1.56. The molecule has 0 unspecified atom stereocenters. The first-order chi connectivity index (χ1) is 11.6. The molecule has 1 aromatic heterocycles. The zero-order valence-electron chi connectivity index (χ0n) is 12.7. The maximum absolute atomic E-state index is 12.0. The standard InChI is InChI=1S/C14H15ClN4O3S2/c1-22-5-4-16-13(21)10-3-2-9(6-11(10)15)18-12(20)7-23-14-19-17-8-24-14/h2-3,6,8H,4-5,7H2,1H3,(H,16,21)(H,18,20). The van der Waals surface area contributed by atoms with Crippen LogP contribution in [-0.2, 0) is 9.53 Å². The number of halogens is 1. The molecule has 0 aliphatic heterocycles. The number of methoxy groups -OCH3 is 1. The molecule has 0 bridgehead atoms. The summed E-state index contributed by atoms with van der Waals surface area (Å²) in [5.74, 6) is -0.267. The van der Waals surface area contributed by atoms with E-state index < -0.39 is 0 Å². The second kappa shape index (κ2) is 9.58. The minimum atomic E-state index is -0.290. The highest BCUT2D eigenvalue weighted by Gasteiger charge is 2.12. The molecule has 1 aromatic carbocycles. The Morgan fingerprint density at radius 3 is 2.92 bits per heavy atom. The molecule has 0 saturated heterocycles. The first-order valence-electron chi connectivity index (χ1n) is 6.85. The van der Waals surface area contributed by atoms with Gasteiger partial charge in [-0.25, -0.2) is 0 Å². The summed E-state index contributed by atoms with van der Waals surface area (Å²) in [6.45, 7) is 0.816. The number of carbonyl (C=O) groups excluding carboxylic acids is 2. The van der Waals surface area contributed by atoms with Gasteiger partial charge in [-0.15, -0.1) is 10.2 Å². The van der Waals surface area contributed by atoms with Crippen LogP contribution in [0.5, 0.6) is 0 Å². The van der Waals surface area contributed by atoms with Gasteiger partial charge in [0.25, 0.3) is 5.91 Å². The number of ether oxygens (including phenoxy) is 1. The van der Waals surface area contributed by atoms with Crippen LogP contribution in [-0.4, -0.2) is 48.0 Å². The van der Waals surface area contributed by atoms with Gasteiger partial charge in [0.15, 0.2) is 4.34 Å². The molecule has 0 saturated carbocycles. The highest BCUT2D eigenvalue weighted by molar-refractivity contribution is 8.01. The average molecular weight is 387 g/mol. The Kier molecular flexibility index (Phi) is 7.44. The Morgan fingerprint density at radius 1 is 1.42 bits per heavy atom. The Hall–Kier alpha value is -1.68. The molecule has 128 valence electrons. The van der Waals surface area contributed by atoms with Gasteiger partial charge >= 0.3 is 0 Å². The largest absolute Gasteiger partial charge is 0.383 e. The quantitative estimate of drug-likeness (QED) is 0.534. The topological polar surface area (TPSA) is 93.2 Å². The fourth-order valence-corrected chi connectivity index (χ4v) is 3.24. The second-order valence-corrected chi connectivity index (χ2v) is 6.95. The number of anilines is 1. The van der Waals surface area contributed by atoms with Gasteiger partial charge in [0.1, 0.15) is 5.51 Å². The van der Waals surface area contributed by atoms with Crippen molar-refractivity contribution in [3.05, 3.63) is 34.3 Å². The summed E-state index contributed by atoms with van der Waals surface area (Å²) in [5.41, 5.74) is 2.47. The van der Waals surface area contributed by atoms with E-state index in [1.54, 1.807) is 30.8 Å². The second-order valence-electron chi connectivity index (χ2n) is 4.48. The van der Waals surface area contributed by atoms with Crippen molar-refractivity contribution in [2.75, 3.05) is 31.3 Å². The van der Waals surface area contributed by atoms with Crippen molar-refractivity contribution in [3.63, 3.8) is 0 Å². The first kappa shape index (κ1) is 18.7. The number of rotatable bonds is 8. The van der Waals surface area contributed by atoms with Crippen LogP contribution in [0.4, 0.5) is 5.69 Å². The molecule has 2 aromatic rings. The Balaban J connectivity index is 1.88. The van der Waals surface area contributed by atoms with Gasteiger partial charge in [-0.2, -0.15) is 0 Å². The van der Waals surface area contributed by atoms with Gasteiger partial charge in [0.05, 0.1) is 22.9 Å². The normalized spacial score (nSPS) is 10.4. The number of carbonyl (C=O) groups is 2. The van der Waals surface area contributed by atoms with Gasteiger partial charge in [0.2, 0.25) is 5.91 Å². The van der Waals surface area contributed by atoms with Crippen LogP contribution in [0.3, 0.4) is 0 Å². The number of benzene rings is 1. The SMILES string of the molecule is COCCNC(=O)c1ccc(NC(=O)CSc2nncs2)cc1Cl. The summed E-state index contributed by atoms with van der Waals surface area (Å²) < 4.78 is 5.59. The molecule has 0 fully saturated rings. The van der Waals surface area contributed by atoms with Crippen LogP contribution in [0.25, 0.3) is 0 Å². The van der Waals surface area contributed by atoms with Crippen molar-refractivity contribution < 1.29 is 14.3 Å². The van der Waals surface area contributed by atoms with Crippen molar-refractivity contribution in [2.45, 2.75) is 4.34 Å². The van der Waals surface area contributed by atoms with Gasteiger partial charge in [-0.05, 0) is 18.2 Å². The number of hydrogen-bond acceptors (Lipinski definition) is 7. The van der Waals surface area contributed by atoms with Gasteiger partial charge in [-0.3, -0.25) is 9.59 Å². The van der Waals surface area contributed by atoms with Gasteiger partial charge in [-0.1, -0.05) is 34.7 Å². The lowest BCUT2D eigenvalue weighted by Crippen LogP contribution is -2.27. The third kappa shape index (κ3) is 5.75. The fraction of sp³-hybridized carbons (Fsp3) is 0.286. The Labute approximate surface area is 152 Å². The average Bonchev–Trinajstić information content (AvgIpc) is 3.06. The summed E-state index contributed by atoms with van der Waals surface area (Å²) >= 11 is 8.79. The lowest BCUT2D eigenvalue weighted by Gasteiger charge is -2.09. The van der Waals surface area contributed by atoms with Crippen molar-refractivity contribution in [2.24, 2.45) is 0 Å². The minimum absolute atomic E-state index is 0.191. The van der Waals surface area contributed by atoms with E-state index >= 15 is 0 Å². The van der Waals surface area contributed by atoms with E-state index in [1.807, 2.05) is 0 Å². The highest BCUT2D eigenvalue weighted by Crippen LogP contribution is 2.22. The highest BCUT2D eigenvalue weighted by atomic mass is 35.5. The maximum Gasteiger partial charge on any atom is 0.252 e. The van der Waals surface area contributed by atoms with Crippen molar-refractivity contribution in [3.8, 4) is 0 Å². The van der Waals surface area contributed by atoms with Crippen LogP contribution in [0.2, 0.25) is 5.02 Å². The van der Waals surface area contributed by atoms with E-state index in [9.17, 15) is 9.59 Å². The van der Waals surface area contributed by atoms with E-state index in [1.165, 1.54) is 23.1 Å². The van der Waals surface area contributed by atoms with Crippen LogP contribution in [0.1, 0.15) is 10.4 Å². The number of aromatic nitrogens is 2. The molecule has 0 atom stereocenters. The molecule has 2 amide bonds. The van der Waals surface area contributed by atoms with E-state index in [-0.39, 0.29) is 22.6 Å². The number of nitrogens with zero attached hydrogens (tertiary/aromatic N) is 2. The van der Waals surface area contributed by atoms with E-state index in [0.717, 1.165) is 4.34 Å². The van der Waals surface area contributed by atoms with E-state index in [0.29, 0.717) is 24.4 Å². The predicted octanol–water partition coefficient (Wildman–Crippen LogP) is 2.30. The molecule has 10 heteroatoms. The lowest BCUT2D eigenvalue weighted by molar-refractivity contribution is -0.113. The predicted molar refractivity (Wildman–Crippen MR) is 94.9 cm³/mol. The van der Waals surface area contributed by atoms with E-state index in [4.69, 9.17) is 16.3 Å². The zero-order chi connectivity index (χ0) is 17.4. The summed E-state index contributed by atoms with van der Waals surface area (Å²) in [4.78, 5) is 23.9. The van der Waals surface area contributed by atoms with Gasteiger partial charge < -0.3 is 15.4 Å². The number of amides is 2. The summed E-state index contributed by atoms with van der Waals surface area (Å²) in [5, 5.41) is 13.2. The van der Waals surface area contributed by atoms with E-state index in [2.05, 4.69) is 20.8 Å². The lowest BCUT2D eigenvalue weighted by atomic mass is 10.2. The molecule has 1 heterocycles. The summed E-state index contributed by atoms with van der Waals surface area (Å²) in [6, 6.07) is 4.74. The number of thioether (sulfide) groups is 1. The number of hydrogen-bond donors (Lipinski definition) is 2. The zero-order valence-corrected chi connectivity index (χ0v) is 15.1. The molecule has 2 rings (SSSR count). The Bertz CT molecular complexity index is 697. The molecule has 0 radical (unpaired) electrons.